The number of imide groups is 2. The van der Waals surface area contributed by atoms with Crippen LogP contribution in [-0.4, -0.2) is 113 Å². The molecule has 0 radical (unpaired) electrons. The number of nitrogens with zero attached hydrogens (tertiary/aromatic N) is 5. The third-order valence-electron chi connectivity index (χ3n) is 10.9. The Morgan fingerprint density at radius 3 is 2.52 bits per heavy atom. The maximum Gasteiger partial charge on any atom is 0.264 e. The van der Waals surface area contributed by atoms with Crippen molar-refractivity contribution in [2.45, 2.75) is 51.0 Å². The summed E-state index contributed by atoms with van der Waals surface area (Å²) in [4.78, 5) is 77.8. The second kappa shape index (κ2) is 19.4. The molecule has 17 heteroatoms. The number of piperidine rings is 1. The fourth-order valence-corrected chi connectivity index (χ4v) is 7.90. The van der Waals surface area contributed by atoms with Crippen molar-refractivity contribution in [3.8, 4) is 5.75 Å². The lowest BCUT2D eigenvalue weighted by molar-refractivity contribution is -0.136. The molecular weight excluding hydrogens is 793 g/mol. The number of piperazine rings is 1. The van der Waals surface area contributed by atoms with Crippen molar-refractivity contribution < 1.29 is 33.1 Å². The molecule has 1 unspecified atom stereocenters. The van der Waals surface area contributed by atoms with E-state index in [4.69, 9.17) is 16.3 Å². The van der Waals surface area contributed by atoms with Gasteiger partial charge in [0.05, 0.1) is 34.5 Å². The molecule has 0 bridgehead atoms. The van der Waals surface area contributed by atoms with E-state index in [0.29, 0.717) is 52.6 Å². The van der Waals surface area contributed by atoms with Crippen LogP contribution in [-0.2, 0) is 14.4 Å². The fourth-order valence-electron chi connectivity index (χ4n) is 7.72. The number of amides is 5. The molecule has 1 aromatic heterocycles. The SMILES string of the molecule is COc1cc2ncnc(Nc3ccc(F)c(Cl)c3)c2cc1NC(=O)/C=C/CN1CCN(CCCCCCCNc2cccc3c2C(=O)N(C2CCC(=O)NC2=O)C3=O)CC1. The number of carbonyl (C=O) groups is 5. The van der Waals surface area contributed by atoms with Crippen LogP contribution >= 0.6 is 11.6 Å². The van der Waals surface area contributed by atoms with Crippen LogP contribution in [0.4, 0.5) is 27.3 Å². The normalized spacial score (nSPS) is 17.3. The van der Waals surface area contributed by atoms with Crippen LogP contribution in [0.1, 0.15) is 65.7 Å². The van der Waals surface area contributed by atoms with Gasteiger partial charge in [-0.15, -0.1) is 0 Å². The predicted octanol–water partition coefficient (Wildman–Crippen LogP) is 5.75. The smallest absolute Gasteiger partial charge is 0.264 e. The van der Waals surface area contributed by atoms with Crippen LogP contribution in [0.3, 0.4) is 0 Å². The average molecular weight is 840 g/mol. The monoisotopic (exact) mass is 839 g/mol. The van der Waals surface area contributed by atoms with Crippen molar-refractivity contribution in [3.63, 3.8) is 0 Å². The highest BCUT2D eigenvalue weighted by molar-refractivity contribution is 6.31. The van der Waals surface area contributed by atoms with Crippen LogP contribution in [0.2, 0.25) is 5.02 Å². The van der Waals surface area contributed by atoms with E-state index < -0.39 is 35.5 Å². The number of hydrogen-bond acceptors (Lipinski definition) is 12. The summed E-state index contributed by atoms with van der Waals surface area (Å²) >= 11 is 5.96. The Kier molecular flexibility index (Phi) is 13.6. The molecule has 1 atom stereocenters. The van der Waals surface area contributed by atoms with Gasteiger partial charge >= 0.3 is 0 Å². The van der Waals surface area contributed by atoms with Crippen LogP contribution in [0.25, 0.3) is 10.9 Å². The Bertz CT molecular complexity index is 2320. The van der Waals surface area contributed by atoms with Gasteiger partial charge in [0.25, 0.3) is 11.8 Å². The summed E-state index contributed by atoms with van der Waals surface area (Å²) < 4.78 is 19.2. The minimum Gasteiger partial charge on any atom is -0.494 e. The minimum atomic E-state index is -0.987. The molecule has 4 aromatic rings. The summed E-state index contributed by atoms with van der Waals surface area (Å²) in [5, 5.41) is 12.2. The highest BCUT2D eigenvalue weighted by Gasteiger charge is 2.45. The van der Waals surface area contributed by atoms with E-state index in [1.807, 2.05) is 6.08 Å². The molecule has 60 heavy (non-hydrogen) atoms. The zero-order chi connectivity index (χ0) is 42.2. The molecule has 3 aliphatic rings. The van der Waals surface area contributed by atoms with Gasteiger partial charge in [0, 0.05) is 74.6 Å². The number of hydrogen-bond donors (Lipinski definition) is 4. The number of nitrogens with one attached hydrogen (secondary N) is 4. The van der Waals surface area contributed by atoms with Gasteiger partial charge in [0.15, 0.2) is 0 Å². The Morgan fingerprint density at radius 1 is 0.950 bits per heavy atom. The lowest BCUT2D eigenvalue weighted by atomic mass is 10.0. The molecule has 7 rings (SSSR count). The number of methoxy groups -OCH3 is 1. The second-order valence-corrected chi connectivity index (χ2v) is 15.4. The molecule has 0 spiro atoms. The van der Waals surface area contributed by atoms with E-state index in [1.54, 1.807) is 36.4 Å². The molecule has 2 saturated heterocycles. The molecule has 4 heterocycles. The van der Waals surface area contributed by atoms with Gasteiger partial charge in [0.1, 0.15) is 29.8 Å². The van der Waals surface area contributed by atoms with Crippen molar-refractivity contribution in [2.75, 3.05) is 68.9 Å². The Morgan fingerprint density at radius 2 is 1.73 bits per heavy atom. The summed E-state index contributed by atoms with van der Waals surface area (Å²) in [6.07, 6.45) is 10.2. The molecule has 15 nitrogen and oxygen atoms in total. The summed E-state index contributed by atoms with van der Waals surface area (Å²) in [5.41, 5.74) is 2.72. The third-order valence-corrected chi connectivity index (χ3v) is 11.2. The summed E-state index contributed by atoms with van der Waals surface area (Å²) in [5.74, 6) is -1.96. The summed E-state index contributed by atoms with van der Waals surface area (Å²) in [6, 6.07) is 11.8. The van der Waals surface area contributed by atoms with E-state index in [0.717, 1.165) is 69.7 Å². The van der Waals surface area contributed by atoms with Gasteiger partial charge in [-0.1, -0.05) is 43.0 Å². The van der Waals surface area contributed by atoms with Gasteiger partial charge in [-0.05, 0) is 62.2 Å². The maximum absolute atomic E-state index is 13.7. The number of aromatic nitrogens is 2. The first-order valence-electron chi connectivity index (χ1n) is 20.1. The Balaban J connectivity index is 0.786. The average Bonchev–Trinajstić information content (AvgIpc) is 3.49. The molecule has 314 valence electrons. The first kappa shape index (κ1) is 42.2. The second-order valence-electron chi connectivity index (χ2n) is 14.9. The standard InChI is InChI=1S/C43H47ClFN9O6/c1-60-36-25-33-29(40(48-26-47-33)49-27-12-13-31(45)30(44)23-27)24-34(36)50-37(55)11-8-18-53-21-19-52(20-22-53)17-6-4-2-3-5-16-46-32-10-7-9-28-39(32)43(59)54(42(28)58)35-14-15-38(56)51-41(35)57/h7-13,23-26,35,46H,2-6,14-22H2,1H3,(H,50,55)(H,47,48,49)(H,51,56,57)/b11-8+. The van der Waals surface area contributed by atoms with Crippen molar-refractivity contribution in [2.24, 2.45) is 0 Å². The van der Waals surface area contributed by atoms with E-state index in [-0.39, 0.29) is 34.9 Å². The topological polar surface area (TPSA) is 178 Å². The molecule has 2 fully saturated rings. The number of fused-ring (bicyclic) bond motifs is 2. The Hall–Kier alpha value is -5.97. The van der Waals surface area contributed by atoms with Crippen molar-refractivity contribution >= 4 is 74.9 Å². The van der Waals surface area contributed by atoms with Crippen LogP contribution in [0.5, 0.6) is 5.75 Å². The van der Waals surface area contributed by atoms with Crippen molar-refractivity contribution in [3.05, 3.63) is 89.0 Å². The first-order chi connectivity index (χ1) is 29.1. The number of halogens is 2. The molecule has 5 amide bonds. The quantitative estimate of drug-likeness (QED) is 0.0576. The van der Waals surface area contributed by atoms with Crippen LogP contribution in [0, 0.1) is 5.82 Å². The van der Waals surface area contributed by atoms with Crippen LogP contribution < -0.4 is 26.0 Å². The molecule has 3 aromatic carbocycles. The molecular formula is C43H47ClFN9O6. The highest BCUT2D eigenvalue weighted by atomic mass is 35.5. The Labute approximate surface area is 351 Å². The largest absolute Gasteiger partial charge is 0.494 e. The van der Waals surface area contributed by atoms with Gasteiger partial charge in [-0.3, -0.25) is 39.1 Å². The molecule has 3 aliphatic heterocycles. The predicted molar refractivity (Wildman–Crippen MR) is 226 cm³/mol. The first-order valence-corrected chi connectivity index (χ1v) is 20.5. The van der Waals surface area contributed by atoms with E-state index in [1.165, 1.54) is 31.6 Å². The van der Waals surface area contributed by atoms with Crippen molar-refractivity contribution in [1.82, 2.24) is 30.0 Å². The number of rotatable bonds is 17. The fraction of sp³-hybridized carbons (Fsp3) is 0.372. The number of benzene rings is 3. The van der Waals surface area contributed by atoms with Gasteiger partial charge in [-0.2, -0.15) is 0 Å². The van der Waals surface area contributed by atoms with E-state index in [9.17, 15) is 28.4 Å². The van der Waals surface area contributed by atoms with Gasteiger partial charge in [-0.25, -0.2) is 14.4 Å². The van der Waals surface area contributed by atoms with E-state index >= 15 is 0 Å². The number of unbranched alkanes of at least 4 members (excludes halogenated alkanes) is 4. The number of anilines is 4. The van der Waals surface area contributed by atoms with Gasteiger partial charge in [0.2, 0.25) is 17.7 Å². The molecule has 0 saturated carbocycles. The lowest BCUT2D eigenvalue weighted by Crippen LogP contribution is -2.54. The minimum absolute atomic E-state index is 0.0202. The summed E-state index contributed by atoms with van der Waals surface area (Å²) in [6.45, 7) is 6.08. The zero-order valence-electron chi connectivity index (χ0n) is 33.3. The van der Waals surface area contributed by atoms with Crippen LogP contribution in [0.15, 0.2) is 67.0 Å². The lowest BCUT2D eigenvalue weighted by Gasteiger charge is -2.34. The van der Waals surface area contributed by atoms with E-state index in [2.05, 4.69) is 41.0 Å². The number of ether oxygens (including phenoxy) is 1. The molecule has 4 N–H and O–H groups in total. The summed E-state index contributed by atoms with van der Waals surface area (Å²) in [7, 11) is 1.52. The maximum atomic E-state index is 13.7. The zero-order valence-corrected chi connectivity index (χ0v) is 34.0. The van der Waals surface area contributed by atoms with Gasteiger partial charge < -0.3 is 25.6 Å². The number of carbonyl (C=O) groups excluding carboxylic acids is 5. The highest BCUT2D eigenvalue weighted by Crippen LogP contribution is 2.35. The third kappa shape index (κ3) is 9.89. The van der Waals surface area contributed by atoms with Crippen molar-refractivity contribution in [1.29, 1.82) is 0 Å². The molecule has 0 aliphatic carbocycles.